The van der Waals surface area contributed by atoms with E-state index in [-0.39, 0.29) is 12.2 Å². The Bertz CT molecular complexity index is 613. The minimum absolute atomic E-state index is 0.0973. The number of aromatic hydroxyl groups is 1. The fraction of sp³-hybridized carbons (Fsp3) is 0.154. The van der Waals surface area contributed by atoms with E-state index in [1.54, 1.807) is 17.5 Å². The molecule has 2 rings (SSSR count). The van der Waals surface area contributed by atoms with Gasteiger partial charge >= 0.3 is 12.0 Å². The van der Waals surface area contributed by atoms with E-state index >= 15 is 0 Å². The van der Waals surface area contributed by atoms with Crippen LogP contribution in [0.25, 0.3) is 0 Å². The van der Waals surface area contributed by atoms with Crippen LogP contribution in [-0.2, 0) is 11.2 Å². The third kappa shape index (κ3) is 4.46. The summed E-state index contributed by atoms with van der Waals surface area (Å²) in [6, 6.07) is 4.43. The van der Waals surface area contributed by atoms with E-state index < -0.39 is 18.0 Å². The standard InChI is InChI=1S/C13H13N3O4S/c17-9-3-1-8(2-4-9)7-10(11(18)19)15-12(20)16-13-14-5-6-21-13/h1-6,10,17H,7H2,(H,18,19)(H2,14,15,16,20). The van der Waals surface area contributed by atoms with Crippen LogP contribution in [-0.4, -0.2) is 33.2 Å². The number of nitrogens with zero attached hydrogens (tertiary/aromatic N) is 1. The van der Waals surface area contributed by atoms with Crippen LogP contribution < -0.4 is 10.6 Å². The van der Waals surface area contributed by atoms with Gasteiger partial charge in [0.2, 0.25) is 0 Å². The quantitative estimate of drug-likeness (QED) is 0.671. The van der Waals surface area contributed by atoms with Crippen molar-refractivity contribution < 1.29 is 19.8 Å². The molecule has 8 heteroatoms. The second-order valence-electron chi connectivity index (χ2n) is 4.20. The van der Waals surface area contributed by atoms with Crippen molar-refractivity contribution in [2.75, 3.05) is 5.32 Å². The first-order chi connectivity index (χ1) is 10.0. The number of phenols is 1. The Hall–Kier alpha value is -2.61. The molecule has 1 unspecified atom stereocenters. The number of hydrogen-bond acceptors (Lipinski definition) is 5. The molecule has 7 nitrogen and oxygen atoms in total. The lowest BCUT2D eigenvalue weighted by atomic mass is 10.1. The highest BCUT2D eigenvalue weighted by atomic mass is 32.1. The third-order valence-electron chi connectivity index (χ3n) is 2.63. The third-order valence-corrected chi connectivity index (χ3v) is 3.32. The van der Waals surface area contributed by atoms with Crippen LogP contribution in [0.4, 0.5) is 9.93 Å². The Balaban J connectivity index is 1.97. The van der Waals surface area contributed by atoms with Gasteiger partial charge < -0.3 is 15.5 Å². The van der Waals surface area contributed by atoms with Gasteiger partial charge in [-0.3, -0.25) is 5.32 Å². The van der Waals surface area contributed by atoms with Crippen LogP contribution in [0.2, 0.25) is 0 Å². The summed E-state index contributed by atoms with van der Waals surface area (Å²) in [7, 11) is 0. The summed E-state index contributed by atoms with van der Waals surface area (Å²) >= 11 is 1.23. The molecule has 1 heterocycles. The number of carbonyl (C=O) groups is 2. The predicted molar refractivity (Wildman–Crippen MR) is 77.5 cm³/mol. The van der Waals surface area contributed by atoms with Crippen LogP contribution in [0.3, 0.4) is 0 Å². The average molecular weight is 307 g/mol. The number of rotatable bonds is 5. The van der Waals surface area contributed by atoms with Crippen LogP contribution in [0, 0.1) is 0 Å². The van der Waals surface area contributed by atoms with E-state index in [1.807, 2.05) is 0 Å². The Labute approximate surface area is 124 Å². The van der Waals surface area contributed by atoms with E-state index in [1.165, 1.54) is 29.7 Å². The largest absolute Gasteiger partial charge is 0.508 e. The minimum Gasteiger partial charge on any atom is -0.508 e. The molecule has 2 aromatic rings. The molecule has 21 heavy (non-hydrogen) atoms. The summed E-state index contributed by atoms with van der Waals surface area (Å²) in [6.45, 7) is 0. The van der Waals surface area contributed by atoms with Crippen molar-refractivity contribution in [3.8, 4) is 5.75 Å². The number of aliphatic carboxylic acids is 1. The minimum atomic E-state index is -1.14. The van der Waals surface area contributed by atoms with Gasteiger partial charge in [0.05, 0.1) is 0 Å². The second-order valence-corrected chi connectivity index (χ2v) is 5.09. The van der Waals surface area contributed by atoms with Crippen LogP contribution in [0.1, 0.15) is 5.56 Å². The molecule has 0 saturated heterocycles. The molecule has 0 fully saturated rings. The van der Waals surface area contributed by atoms with E-state index in [9.17, 15) is 14.7 Å². The number of benzene rings is 1. The maximum absolute atomic E-state index is 11.7. The molecule has 0 aliphatic heterocycles. The summed E-state index contributed by atoms with van der Waals surface area (Å²) in [5.74, 6) is -1.04. The highest BCUT2D eigenvalue weighted by molar-refractivity contribution is 7.13. The summed E-state index contributed by atoms with van der Waals surface area (Å²) in [6.07, 6.45) is 1.65. The summed E-state index contributed by atoms with van der Waals surface area (Å²) in [5.41, 5.74) is 0.690. The van der Waals surface area contributed by atoms with Gasteiger partial charge in [0.25, 0.3) is 0 Å². The van der Waals surface area contributed by atoms with Gasteiger partial charge in [-0.25, -0.2) is 14.6 Å². The monoisotopic (exact) mass is 307 g/mol. The number of thiazole rings is 1. The first kappa shape index (κ1) is 14.8. The fourth-order valence-electron chi connectivity index (χ4n) is 1.64. The molecule has 0 aliphatic rings. The fourth-order valence-corrected chi connectivity index (χ4v) is 2.17. The van der Waals surface area contributed by atoms with Crippen molar-refractivity contribution in [1.82, 2.24) is 10.3 Å². The normalized spacial score (nSPS) is 11.6. The van der Waals surface area contributed by atoms with Gasteiger partial charge in [0.1, 0.15) is 11.8 Å². The Morgan fingerprint density at radius 2 is 2.00 bits per heavy atom. The Morgan fingerprint density at radius 1 is 1.29 bits per heavy atom. The first-order valence-electron chi connectivity index (χ1n) is 6.02. The van der Waals surface area contributed by atoms with Crippen LogP contribution >= 0.6 is 11.3 Å². The van der Waals surface area contributed by atoms with Gasteiger partial charge in [-0.05, 0) is 17.7 Å². The molecule has 0 bridgehead atoms. The summed E-state index contributed by atoms with van der Waals surface area (Å²) in [5, 5.41) is 25.3. The molecule has 1 aromatic carbocycles. The Kier molecular flexibility index (Phi) is 4.72. The summed E-state index contributed by atoms with van der Waals surface area (Å²) in [4.78, 5) is 26.8. The lowest BCUT2D eigenvalue weighted by molar-refractivity contribution is -0.139. The molecule has 1 atom stereocenters. The number of carbonyl (C=O) groups excluding carboxylic acids is 1. The topological polar surface area (TPSA) is 112 Å². The number of nitrogens with one attached hydrogen (secondary N) is 2. The second kappa shape index (κ2) is 6.71. The zero-order chi connectivity index (χ0) is 15.2. The van der Waals surface area contributed by atoms with Crippen molar-refractivity contribution in [2.24, 2.45) is 0 Å². The number of carboxylic acids is 1. The molecule has 1 aromatic heterocycles. The number of urea groups is 1. The molecule has 110 valence electrons. The SMILES string of the molecule is O=C(Nc1nccs1)NC(Cc1ccc(O)cc1)C(=O)O. The molecular weight excluding hydrogens is 294 g/mol. The number of anilines is 1. The zero-order valence-electron chi connectivity index (χ0n) is 10.8. The van der Waals surface area contributed by atoms with E-state index in [2.05, 4.69) is 15.6 Å². The summed E-state index contributed by atoms with van der Waals surface area (Å²) < 4.78 is 0. The lowest BCUT2D eigenvalue weighted by Crippen LogP contribution is -2.44. The lowest BCUT2D eigenvalue weighted by Gasteiger charge is -2.14. The highest BCUT2D eigenvalue weighted by Gasteiger charge is 2.20. The average Bonchev–Trinajstić information content (AvgIpc) is 2.93. The van der Waals surface area contributed by atoms with Gasteiger partial charge in [-0.15, -0.1) is 11.3 Å². The van der Waals surface area contributed by atoms with Crippen LogP contribution in [0.15, 0.2) is 35.8 Å². The van der Waals surface area contributed by atoms with Crippen molar-refractivity contribution in [3.63, 3.8) is 0 Å². The molecule has 4 N–H and O–H groups in total. The zero-order valence-corrected chi connectivity index (χ0v) is 11.6. The number of hydrogen-bond donors (Lipinski definition) is 4. The maximum atomic E-state index is 11.7. The van der Waals surface area contributed by atoms with Gasteiger partial charge in [0.15, 0.2) is 5.13 Å². The van der Waals surface area contributed by atoms with Gasteiger partial charge in [-0.2, -0.15) is 0 Å². The van der Waals surface area contributed by atoms with E-state index in [0.717, 1.165) is 0 Å². The van der Waals surface area contributed by atoms with Crippen molar-refractivity contribution in [3.05, 3.63) is 41.4 Å². The first-order valence-corrected chi connectivity index (χ1v) is 6.90. The smallest absolute Gasteiger partial charge is 0.326 e. The number of amides is 2. The number of carboxylic acid groups (broad SMARTS) is 1. The Morgan fingerprint density at radius 3 is 2.57 bits per heavy atom. The predicted octanol–water partition coefficient (Wildman–Crippen LogP) is 1.67. The van der Waals surface area contributed by atoms with Gasteiger partial charge in [0, 0.05) is 18.0 Å². The van der Waals surface area contributed by atoms with Crippen LogP contribution in [0.5, 0.6) is 5.75 Å². The number of aromatic nitrogens is 1. The molecule has 2 amide bonds. The highest BCUT2D eigenvalue weighted by Crippen LogP contribution is 2.12. The van der Waals surface area contributed by atoms with E-state index in [0.29, 0.717) is 10.7 Å². The van der Waals surface area contributed by atoms with E-state index in [4.69, 9.17) is 5.11 Å². The van der Waals surface area contributed by atoms with Crippen molar-refractivity contribution in [2.45, 2.75) is 12.5 Å². The molecule has 0 spiro atoms. The molecule has 0 aliphatic carbocycles. The molecule has 0 radical (unpaired) electrons. The van der Waals surface area contributed by atoms with Crippen molar-refractivity contribution >= 4 is 28.5 Å². The van der Waals surface area contributed by atoms with Crippen molar-refractivity contribution in [1.29, 1.82) is 0 Å². The maximum Gasteiger partial charge on any atom is 0.326 e. The molecular formula is C13H13N3O4S. The molecule has 0 saturated carbocycles. The van der Waals surface area contributed by atoms with Gasteiger partial charge in [-0.1, -0.05) is 12.1 Å². The number of phenolic OH excluding ortho intramolecular Hbond substituents is 1.